The van der Waals surface area contributed by atoms with Gasteiger partial charge in [0.05, 0.1) is 30.2 Å². The van der Waals surface area contributed by atoms with Gasteiger partial charge < -0.3 is 20.9 Å². The van der Waals surface area contributed by atoms with Crippen LogP contribution in [0.2, 0.25) is 0 Å². The average Bonchev–Trinajstić information content (AvgIpc) is 3.28. The van der Waals surface area contributed by atoms with Gasteiger partial charge in [-0.2, -0.15) is 9.37 Å². The van der Waals surface area contributed by atoms with E-state index in [0.29, 0.717) is 31.1 Å². The Bertz CT molecular complexity index is 902. The second kappa shape index (κ2) is 11.1. The number of carbonyl (C=O) groups excluding carboxylic acids is 1. The Morgan fingerprint density at radius 3 is 2.80 bits per heavy atom. The van der Waals surface area contributed by atoms with Crippen molar-refractivity contribution in [1.29, 1.82) is 0 Å². The van der Waals surface area contributed by atoms with Crippen LogP contribution in [0.15, 0.2) is 24.5 Å². The van der Waals surface area contributed by atoms with Gasteiger partial charge in [-0.15, -0.1) is 0 Å². The highest BCUT2D eigenvalue weighted by molar-refractivity contribution is 5.77. The number of unbranched alkanes of at least 4 members (excludes halogenated alkanes) is 1. The number of aromatic nitrogens is 3. The van der Waals surface area contributed by atoms with E-state index in [1.54, 1.807) is 19.3 Å². The third-order valence-corrected chi connectivity index (χ3v) is 4.52. The summed E-state index contributed by atoms with van der Waals surface area (Å²) in [6, 6.07) is 2.87. The maximum atomic E-state index is 13.0. The number of nitrogens with one attached hydrogen (secondary N) is 3. The summed E-state index contributed by atoms with van der Waals surface area (Å²) in [5.41, 5.74) is 1.39. The number of hydrogen-bond acceptors (Lipinski definition) is 7. The molecule has 158 valence electrons. The van der Waals surface area contributed by atoms with Crippen molar-refractivity contribution in [2.45, 2.75) is 25.7 Å². The van der Waals surface area contributed by atoms with E-state index in [0.717, 1.165) is 43.7 Å². The van der Waals surface area contributed by atoms with Gasteiger partial charge >= 0.3 is 0 Å². The van der Waals surface area contributed by atoms with Gasteiger partial charge in [-0.05, 0) is 38.4 Å². The fourth-order valence-electron chi connectivity index (χ4n) is 3.06. The van der Waals surface area contributed by atoms with Gasteiger partial charge in [-0.1, -0.05) is 11.8 Å². The van der Waals surface area contributed by atoms with Gasteiger partial charge in [-0.3, -0.25) is 4.79 Å². The molecule has 0 atom stereocenters. The molecule has 9 heteroatoms. The molecule has 1 aliphatic rings. The maximum Gasteiger partial charge on any atom is 0.233 e. The minimum atomic E-state index is -0.536. The van der Waals surface area contributed by atoms with Gasteiger partial charge in [0.25, 0.3) is 0 Å². The number of anilines is 3. The molecule has 1 amide bonds. The molecule has 2 aromatic heterocycles. The number of hydrogen-bond donors (Lipinski definition) is 3. The summed E-state index contributed by atoms with van der Waals surface area (Å²) in [7, 11) is 1.74. The summed E-state index contributed by atoms with van der Waals surface area (Å²) in [5, 5.41) is 8.70. The Kier molecular flexibility index (Phi) is 7.92. The van der Waals surface area contributed by atoms with Crippen LogP contribution < -0.4 is 20.9 Å². The molecule has 0 spiro atoms. The predicted octanol–water partition coefficient (Wildman–Crippen LogP) is 1.82. The van der Waals surface area contributed by atoms with Crippen molar-refractivity contribution in [3.8, 4) is 11.8 Å². The van der Waals surface area contributed by atoms with Crippen LogP contribution in [0.1, 0.15) is 31.2 Å². The summed E-state index contributed by atoms with van der Waals surface area (Å²) in [6.45, 7) is 2.78. The zero-order valence-electron chi connectivity index (χ0n) is 17.0. The van der Waals surface area contributed by atoms with E-state index < -0.39 is 5.95 Å². The number of rotatable bonds is 8. The second-order valence-corrected chi connectivity index (χ2v) is 6.91. The van der Waals surface area contributed by atoms with Crippen molar-refractivity contribution in [3.05, 3.63) is 36.0 Å². The molecule has 0 aromatic carbocycles. The normalized spacial score (nSPS) is 12.9. The van der Waals surface area contributed by atoms with Crippen LogP contribution >= 0.6 is 0 Å². The molecular weight excluding hydrogens is 385 g/mol. The largest absolute Gasteiger partial charge is 0.355 e. The van der Waals surface area contributed by atoms with Crippen LogP contribution in [0.3, 0.4) is 0 Å². The number of halogens is 1. The van der Waals surface area contributed by atoms with Crippen molar-refractivity contribution >= 4 is 23.4 Å². The summed E-state index contributed by atoms with van der Waals surface area (Å²) >= 11 is 0. The number of pyridine rings is 1. The Labute approximate surface area is 175 Å². The van der Waals surface area contributed by atoms with Crippen molar-refractivity contribution in [1.82, 2.24) is 25.6 Å². The maximum absolute atomic E-state index is 13.0. The first-order chi connectivity index (χ1) is 14.7. The van der Waals surface area contributed by atoms with Crippen LogP contribution in [0.5, 0.6) is 0 Å². The molecule has 0 unspecified atom stereocenters. The molecule has 0 radical (unpaired) electrons. The molecule has 2 aromatic rings. The van der Waals surface area contributed by atoms with Gasteiger partial charge in [0.15, 0.2) is 0 Å². The lowest BCUT2D eigenvalue weighted by Crippen LogP contribution is -2.32. The number of nitrogens with zero attached hydrogens (tertiary/aromatic N) is 4. The molecule has 1 saturated heterocycles. The van der Waals surface area contributed by atoms with E-state index in [1.165, 1.54) is 12.3 Å². The quantitative estimate of drug-likeness (QED) is 0.346. The molecule has 1 fully saturated rings. The first-order valence-electron chi connectivity index (χ1n) is 10.1. The molecule has 0 aliphatic carbocycles. The Hall–Kier alpha value is -3.25. The molecule has 1 aliphatic heterocycles. The van der Waals surface area contributed by atoms with E-state index in [4.69, 9.17) is 0 Å². The highest BCUT2D eigenvalue weighted by Crippen LogP contribution is 2.23. The Balaban J connectivity index is 1.65. The van der Waals surface area contributed by atoms with Crippen molar-refractivity contribution in [2.24, 2.45) is 0 Å². The van der Waals surface area contributed by atoms with Crippen LogP contribution in [0, 0.1) is 17.8 Å². The molecule has 8 nitrogen and oxygen atoms in total. The molecule has 0 bridgehead atoms. The van der Waals surface area contributed by atoms with Crippen molar-refractivity contribution < 1.29 is 9.18 Å². The van der Waals surface area contributed by atoms with E-state index in [2.05, 4.69) is 47.6 Å². The third-order valence-electron chi connectivity index (χ3n) is 4.52. The smallest absolute Gasteiger partial charge is 0.233 e. The highest BCUT2D eigenvalue weighted by Gasteiger charge is 2.18. The van der Waals surface area contributed by atoms with Crippen LogP contribution in [0.25, 0.3) is 0 Å². The van der Waals surface area contributed by atoms with Gasteiger partial charge in [0.2, 0.25) is 17.8 Å². The van der Waals surface area contributed by atoms with Gasteiger partial charge in [0.1, 0.15) is 5.82 Å². The number of likely N-dealkylation sites (N-methyl/N-ethyl adjacent to an activating group) is 1. The summed E-state index contributed by atoms with van der Waals surface area (Å²) < 4.78 is 13.0. The van der Waals surface area contributed by atoms with E-state index in [9.17, 15) is 9.18 Å². The molecule has 3 N–H and O–H groups in total. The third kappa shape index (κ3) is 6.39. The van der Waals surface area contributed by atoms with Crippen LogP contribution in [0.4, 0.5) is 21.8 Å². The Morgan fingerprint density at radius 2 is 2.07 bits per heavy atom. The molecule has 30 heavy (non-hydrogen) atoms. The molecule has 3 heterocycles. The lowest BCUT2D eigenvalue weighted by atomic mass is 10.2. The molecular formula is C21H26FN7O. The van der Waals surface area contributed by atoms with Gasteiger partial charge in [-0.25, -0.2) is 9.97 Å². The fourth-order valence-corrected chi connectivity index (χ4v) is 3.06. The minimum absolute atomic E-state index is 0.0189. The average molecular weight is 411 g/mol. The minimum Gasteiger partial charge on any atom is -0.355 e. The predicted molar refractivity (Wildman–Crippen MR) is 114 cm³/mol. The number of carbonyl (C=O) groups is 1. The summed E-state index contributed by atoms with van der Waals surface area (Å²) in [6.07, 6.45) is 6.79. The zero-order chi connectivity index (χ0) is 21.2. The molecule has 3 rings (SSSR count). The lowest BCUT2D eigenvalue weighted by molar-refractivity contribution is -0.120. The van der Waals surface area contributed by atoms with Crippen molar-refractivity contribution in [3.63, 3.8) is 0 Å². The van der Waals surface area contributed by atoms with E-state index in [1.807, 2.05) is 0 Å². The molecule has 0 saturated carbocycles. The first-order valence-corrected chi connectivity index (χ1v) is 10.1. The second-order valence-electron chi connectivity index (χ2n) is 6.91. The summed E-state index contributed by atoms with van der Waals surface area (Å²) in [4.78, 5) is 26.2. The zero-order valence-corrected chi connectivity index (χ0v) is 17.0. The van der Waals surface area contributed by atoms with Crippen LogP contribution in [-0.4, -0.2) is 54.1 Å². The summed E-state index contributed by atoms with van der Waals surface area (Å²) in [5.74, 6) is 6.99. The van der Waals surface area contributed by atoms with Crippen LogP contribution in [-0.2, 0) is 4.79 Å². The standard InChI is InChI=1S/C21H26FN7O/c1-23-15-19(30)24-10-4-2-3-7-16-13-26-21(27-17-8-9-18(22)25-14-17)28-20(16)29-11-5-6-12-29/h8-9,13-14,23H,2,4-6,10-12,15H2,1H3,(H,24,30)(H,26,27,28). The highest BCUT2D eigenvalue weighted by atomic mass is 19.1. The Morgan fingerprint density at radius 1 is 1.23 bits per heavy atom. The topological polar surface area (TPSA) is 95.1 Å². The SMILES string of the molecule is CNCC(=O)NCCCC#Cc1cnc(Nc2ccc(F)nc2)nc1N1CCCC1. The van der Waals surface area contributed by atoms with E-state index >= 15 is 0 Å². The van der Waals surface area contributed by atoms with E-state index in [-0.39, 0.29) is 5.91 Å². The fraction of sp³-hybridized carbons (Fsp3) is 0.429. The van der Waals surface area contributed by atoms with Gasteiger partial charge in [0, 0.05) is 26.1 Å². The first kappa shape index (κ1) is 21.5. The lowest BCUT2D eigenvalue weighted by Gasteiger charge is -2.18. The monoisotopic (exact) mass is 411 g/mol. The number of amides is 1. The van der Waals surface area contributed by atoms with Crippen molar-refractivity contribution in [2.75, 3.05) is 43.4 Å².